The predicted octanol–water partition coefficient (Wildman–Crippen LogP) is 4.58. The van der Waals surface area contributed by atoms with Crippen molar-refractivity contribution in [2.75, 3.05) is 24.7 Å². The maximum absolute atomic E-state index is 5.99. The fourth-order valence-corrected chi connectivity index (χ4v) is 2.71. The van der Waals surface area contributed by atoms with Crippen molar-refractivity contribution in [1.29, 1.82) is 0 Å². The molecule has 1 aromatic carbocycles. The average molecular weight is 295 g/mol. The number of hydrogen-bond acceptors (Lipinski definition) is 3. The monoisotopic (exact) mass is 295 g/mol. The molecule has 0 spiro atoms. The maximum Gasteiger partial charge on any atom is 0.124 e. The van der Waals surface area contributed by atoms with Crippen molar-refractivity contribution in [2.24, 2.45) is 0 Å². The average Bonchev–Trinajstić information content (AvgIpc) is 2.45. The van der Waals surface area contributed by atoms with Crippen LogP contribution in [0.3, 0.4) is 0 Å². The summed E-state index contributed by atoms with van der Waals surface area (Å²) in [5.74, 6) is 3.41. The zero-order valence-electron chi connectivity index (χ0n) is 13.4. The number of aryl methyl sites for hydroxylation is 1. The van der Waals surface area contributed by atoms with E-state index in [2.05, 4.69) is 51.2 Å². The van der Waals surface area contributed by atoms with Crippen molar-refractivity contribution in [1.82, 2.24) is 5.32 Å². The van der Waals surface area contributed by atoms with Crippen molar-refractivity contribution in [3.63, 3.8) is 0 Å². The lowest BCUT2D eigenvalue weighted by atomic mass is 10.0. The molecule has 0 radical (unpaired) electrons. The molecule has 0 aliphatic carbocycles. The Kier molecular flexibility index (Phi) is 8.79. The molecule has 2 nitrogen and oxygen atoms in total. The van der Waals surface area contributed by atoms with Gasteiger partial charge in [0.25, 0.3) is 0 Å². The van der Waals surface area contributed by atoms with Crippen molar-refractivity contribution in [2.45, 2.75) is 46.6 Å². The van der Waals surface area contributed by atoms with E-state index >= 15 is 0 Å². The van der Waals surface area contributed by atoms with E-state index < -0.39 is 0 Å². The van der Waals surface area contributed by atoms with Gasteiger partial charge in [-0.05, 0) is 50.8 Å². The summed E-state index contributed by atoms with van der Waals surface area (Å²) in [6.07, 6.45) is 2.27. The topological polar surface area (TPSA) is 21.3 Å². The Balaban J connectivity index is 2.59. The molecule has 0 fully saturated rings. The molecule has 0 saturated carbocycles. The largest absolute Gasteiger partial charge is 0.493 e. The normalized spacial score (nSPS) is 12.4. The van der Waals surface area contributed by atoms with Crippen LogP contribution in [-0.4, -0.2) is 24.7 Å². The van der Waals surface area contributed by atoms with Gasteiger partial charge in [0.05, 0.1) is 6.61 Å². The Labute approximate surface area is 128 Å². The third-order valence-corrected chi connectivity index (χ3v) is 4.21. The van der Waals surface area contributed by atoms with Crippen molar-refractivity contribution in [3.05, 3.63) is 29.3 Å². The summed E-state index contributed by atoms with van der Waals surface area (Å²) in [5, 5.41) is 3.54. The molecule has 1 atom stereocenters. The van der Waals surface area contributed by atoms with E-state index in [1.54, 1.807) is 0 Å². The third-order valence-electron chi connectivity index (χ3n) is 3.23. The van der Waals surface area contributed by atoms with Gasteiger partial charge in [0.15, 0.2) is 0 Å². The smallest absolute Gasteiger partial charge is 0.124 e. The van der Waals surface area contributed by atoms with Crippen molar-refractivity contribution < 1.29 is 4.74 Å². The van der Waals surface area contributed by atoms with E-state index in [4.69, 9.17) is 4.74 Å². The molecule has 0 heterocycles. The highest BCUT2D eigenvalue weighted by molar-refractivity contribution is 7.99. The molecule has 1 rings (SSSR count). The molecule has 0 amide bonds. The second-order valence-corrected chi connectivity index (χ2v) is 6.51. The van der Waals surface area contributed by atoms with E-state index in [0.29, 0.717) is 6.04 Å². The fourth-order valence-electron chi connectivity index (χ4n) is 2.10. The van der Waals surface area contributed by atoms with Crippen LogP contribution in [0.15, 0.2) is 18.2 Å². The maximum atomic E-state index is 5.99. The first-order valence-corrected chi connectivity index (χ1v) is 8.89. The van der Waals surface area contributed by atoms with Gasteiger partial charge in [-0.3, -0.25) is 0 Å². The van der Waals surface area contributed by atoms with Crippen LogP contribution in [0.25, 0.3) is 0 Å². The van der Waals surface area contributed by atoms with Crippen LogP contribution in [0.1, 0.15) is 50.8 Å². The Morgan fingerprint density at radius 1 is 1.30 bits per heavy atom. The van der Waals surface area contributed by atoms with Gasteiger partial charge in [0.2, 0.25) is 0 Å². The first-order chi connectivity index (χ1) is 9.69. The standard InChI is InChI=1S/C17H29NOS/c1-5-10-18-15(4)16-13-14(3)8-9-17(16)19-11-7-12-20-6-2/h8-9,13,15,18H,5-7,10-12H2,1-4H3. The summed E-state index contributed by atoms with van der Waals surface area (Å²) in [7, 11) is 0. The van der Waals surface area contributed by atoms with E-state index in [1.807, 2.05) is 11.8 Å². The van der Waals surface area contributed by atoms with Gasteiger partial charge in [-0.25, -0.2) is 0 Å². The highest BCUT2D eigenvalue weighted by atomic mass is 32.2. The lowest BCUT2D eigenvalue weighted by molar-refractivity contribution is 0.312. The highest BCUT2D eigenvalue weighted by Gasteiger charge is 2.11. The minimum Gasteiger partial charge on any atom is -0.493 e. The molecule has 0 bridgehead atoms. The lowest BCUT2D eigenvalue weighted by Gasteiger charge is -2.19. The molecule has 20 heavy (non-hydrogen) atoms. The van der Waals surface area contributed by atoms with Gasteiger partial charge in [0.1, 0.15) is 5.75 Å². The van der Waals surface area contributed by atoms with E-state index in [-0.39, 0.29) is 0 Å². The number of benzene rings is 1. The number of rotatable bonds is 10. The van der Waals surface area contributed by atoms with Crippen molar-refractivity contribution >= 4 is 11.8 Å². The minimum absolute atomic E-state index is 0.342. The number of hydrogen-bond donors (Lipinski definition) is 1. The summed E-state index contributed by atoms with van der Waals surface area (Å²) >= 11 is 1.97. The second kappa shape index (κ2) is 10.1. The van der Waals surface area contributed by atoms with E-state index in [0.717, 1.165) is 31.7 Å². The molecule has 1 N–H and O–H groups in total. The molecular weight excluding hydrogens is 266 g/mol. The van der Waals surface area contributed by atoms with Crippen molar-refractivity contribution in [3.8, 4) is 5.75 Å². The zero-order chi connectivity index (χ0) is 14.8. The molecule has 0 aliphatic heterocycles. The van der Waals surface area contributed by atoms with Gasteiger partial charge in [0, 0.05) is 11.6 Å². The van der Waals surface area contributed by atoms with Gasteiger partial charge in [-0.2, -0.15) is 11.8 Å². The Bertz CT molecular complexity index is 381. The number of thioether (sulfide) groups is 1. The molecular formula is C17H29NOS. The van der Waals surface area contributed by atoms with Gasteiger partial charge in [-0.1, -0.05) is 31.5 Å². The molecule has 1 aromatic rings. The molecule has 0 saturated heterocycles. The SMILES string of the molecule is CCCNC(C)c1cc(C)ccc1OCCCSCC. The molecule has 0 aliphatic rings. The second-order valence-electron chi connectivity index (χ2n) is 5.12. The first kappa shape index (κ1) is 17.4. The van der Waals surface area contributed by atoms with E-state index in [9.17, 15) is 0 Å². The number of nitrogens with one attached hydrogen (secondary N) is 1. The summed E-state index contributed by atoms with van der Waals surface area (Å²) in [5.41, 5.74) is 2.57. The van der Waals surface area contributed by atoms with Crippen LogP contribution in [-0.2, 0) is 0 Å². The van der Waals surface area contributed by atoms with Gasteiger partial charge < -0.3 is 10.1 Å². The highest BCUT2D eigenvalue weighted by Crippen LogP contribution is 2.26. The van der Waals surface area contributed by atoms with Crippen LogP contribution >= 0.6 is 11.8 Å². The predicted molar refractivity (Wildman–Crippen MR) is 91.0 cm³/mol. The molecule has 114 valence electrons. The molecule has 3 heteroatoms. The summed E-state index contributed by atoms with van der Waals surface area (Å²) in [6.45, 7) is 10.6. The van der Waals surface area contributed by atoms with E-state index in [1.165, 1.54) is 22.6 Å². The van der Waals surface area contributed by atoms with Gasteiger partial charge in [-0.15, -0.1) is 0 Å². The Hall–Kier alpha value is -0.670. The Morgan fingerprint density at radius 2 is 2.10 bits per heavy atom. The van der Waals surface area contributed by atoms with Crippen LogP contribution in [0.2, 0.25) is 0 Å². The van der Waals surface area contributed by atoms with Crippen LogP contribution < -0.4 is 10.1 Å². The molecule has 0 aromatic heterocycles. The summed E-state index contributed by atoms with van der Waals surface area (Å²) < 4.78 is 5.99. The lowest BCUT2D eigenvalue weighted by Crippen LogP contribution is -2.20. The first-order valence-electron chi connectivity index (χ1n) is 7.73. The number of ether oxygens (including phenoxy) is 1. The minimum atomic E-state index is 0.342. The van der Waals surface area contributed by atoms with Gasteiger partial charge >= 0.3 is 0 Å². The van der Waals surface area contributed by atoms with Crippen LogP contribution in [0.5, 0.6) is 5.75 Å². The van der Waals surface area contributed by atoms with Crippen LogP contribution in [0, 0.1) is 6.92 Å². The zero-order valence-corrected chi connectivity index (χ0v) is 14.2. The fraction of sp³-hybridized carbons (Fsp3) is 0.647. The summed E-state index contributed by atoms with van der Waals surface area (Å²) in [4.78, 5) is 0. The quantitative estimate of drug-likeness (QED) is 0.639. The molecule has 1 unspecified atom stereocenters. The van der Waals surface area contributed by atoms with Crippen LogP contribution in [0.4, 0.5) is 0 Å². The Morgan fingerprint density at radius 3 is 2.80 bits per heavy atom. The third kappa shape index (κ3) is 6.19. The summed E-state index contributed by atoms with van der Waals surface area (Å²) in [6, 6.07) is 6.83.